The van der Waals surface area contributed by atoms with E-state index in [1.807, 2.05) is 18.2 Å². The monoisotopic (exact) mass is 264 g/mol. The topological polar surface area (TPSA) is 67.4 Å². The van der Waals surface area contributed by atoms with Crippen LogP contribution in [0.15, 0.2) is 30.3 Å². The summed E-state index contributed by atoms with van der Waals surface area (Å²) < 4.78 is 5.24. The number of carbonyl (C=O) groups is 2. The molecule has 0 fully saturated rings. The maximum absolute atomic E-state index is 11.4. The minimum atomic E-state index is -0.382. The molecule has 0 spiro atoms. The quantitative estimate of drug-likeness (QED) is 0.583. The molecule has 0 saturated carbocycles. The molecule has 0 aliphatic carbocycles. The predicted molar refractivity (Wildman–Crippen MR) is 72.4 cm³/mol. The average molecular weight is 264 g/mol. The van der Waals surface area contributed by atoms with Gasteiger partial charge in [-0.25, -0.2) is 0 Å². The van der Waals surface area contributed by atoms with Crippen molar-refractivity contribution in [3.8, 4) is 5.75 Å². The third-order valence-corrected chi connectivity index (χ3v) is 2.46. The Morgan fingerprint density at radius 2 is 1.74 bits per heavy atom. The SMILES string of the molecule is CCCCCC(=O)NNC(=O)COc1ccccc1. The average Bonchev–Trinajstić information content (AvgIpc) is 2.44. The van der Waals surface area contributed by atoms with Gasteiger partial charge in [-0.05, 0) is 18.6 Å². The Hall–Kier alpha value is -2.04. The summed E-state index contributed by atoms with van der Waals surface area (Å²) in [6.45, 7) is 1.94. The summed E-state index contributed by atoms with van der Waals surface area (Å²) in [5.41, 5.74) is 4.68. The van der Waals surface area contributed by atoms with E-state index in [2.05, 4.69) is 17.8 Å². The lowest BCUT2D eigenvalue weighted by atomic mass is 10.2. The summed E-state index contributed by atoms with van der Waals surface area (Å²) in [6.07, 6.45) is 3.33. The van der Waals surface area contributed by atoms with Crippen LogP contribution in [0.2, 0.25) is 0 Å². The van der Waals surface area contributed by atoms with Crippen LogP contribution in [0, 0.1) is 0 Å². The van der Waals surface area contributed by atoms with Gasteiger partial charge < -0.3 is 4.74 Å². The highest BCUT2D eigenvalue weighted by Crippen LogP contribution is 2.07. The second-order valence-corrected chi connectivity index (χ2v) is 4.16. The molecule has 104 valence electrons. The van der Waals surface area contributed by atoms with Crippen LogP contribution in [0.4, 0.5) is 0 Å². The lowest BCUT2D eigenvalue weighted by Gasteiger charge is -2.08. The van der Waals surface area contributed by atoms with Crippen LogP contribution in [0.1, 0.15) is 32.6 Å². The summed E-state index contributed by atoms with van der Waals surface area (Å²) in [6, 6.07) is 9.03. The standard InChI is InChI=1S/C14H20N2O3/c1-2-3-5-10-13(17)15-16-14(18)11-19-12-8-6-4-7-9-12/h4,6-9H,2-3,5,10-11H2,1H3,(H,15,17)(H,16,18). The molecule has 0 aromatic heterocycles. The van der Waals surface area contributed by atoms with Gasteiger partial charge in [0.1, 0.15) is 5.75 Å². The normalized spacial score (nSPS) is 9.74. The van der Waals surface area contributed by atoms with Crippen molar-refractivity contribution in [1.29, 1.82) is 0 Å². The van der Waals surface area contributed by atoms with Crippen molar-refractivity contribution in [2.45, 2.75) is 32.6 Å². The second-order valence-electron chi connectivity index (χ2n) is 4.16. The van der Waals surface area contributed by atoms with E-state index in [9.17, 15) is 9.59 Å². The van der Waals surface area contributed by atoms with Gasteiger partial charge in [0.25, 0.3) is 5.91 Å². The molecule has 0 heterocycles. The van der Waals surface area contributed by atoms with E-state index >= 15 is 0 Å². The van der Waals surface area contributed by atoms with Gasteiger partial charge in [0.2, 0.25) is 5.91 Å². The molecular weight excluding hydrogens is 244 g/mol. The Morgan fingerprint density at radius 1 is 1.05 bits per heavy atom. The molecule has 0 aliphatic heterocycles. The number of benzene rings is 1. The van der Waals surface area contributed by atoms with Crippen LogP contribution in [-0.4, -0.2) is 18.4 Å². The summed E-state index contributed by atoms with van der Waals surface area (Å²) in [5, 5.41) is 0. The molecule has 0 unspecified atom stereocenters. The molecule has 0 atom stereocenters. The number of para-hydroxylation sites is 1. The molecule has 1 aromatic carbocycles. The number of hydrazine groups is 1. The van der Waals surface area contributed by atoms with Gasteiger partial charge in [-0.1, -0.05) is 38.0 Å². The zero-order valence-corrected chi connectivity index (χ0v) is 11.1. The van der Waals surface area contributed by atoms with E-state index in [4.69, 9.17) is 4.74 Å². The van der Waals surface area contributed by atoms with E-state index in [0.717, 1.165) is 19.3 Å². The first-order valence-electron chi connectivity index (χ1n) is 6.48. The summed E-state index contributed by atoms with van der Waals surface area (Å²) in [5.74, 6) is 0.0566. The maximum atomic E-state index is 11.4. The van der Waals surface area contributed by atoms with E-state index in [1.54, 1.807) is 12.1 Å². The van der Waals surface area contributed by atoms with Crippen LogP contribution >= 0.6 is 0 Å². The Bertz CT molecular complexity index is 393. The van der Waals surface area contributed by atoms with Crippen LogP contribution in [0.3, 0.4) is 0 Å². The van der Waals surface area contributed by atoms with Crippen LogP contribution in [-0.2, 0) is 9.59 Å². The Labute approximate surface area is 113 Å². The van der Waals surface area contributed by atoms with E-state index in [1.165, 1.54) is 0 Å². The molecule has 0 saturated heterocycles. The van der Waals surface area contributed by atoms with E-state index < -0.39 is 0 Å². The van der Waals surface area contributed by atoms with Gasteiger partial charge in [0.15, 0.2) is 6.61 Å². The molecule has 2 amide bonds. The summed E-state index contributed by atoms with van der Waals surface area (Å²) in [7, 11) is 0. The van der Waals surface area contributed by atoms with Crippen molar-refractivity contribution >= 4 is 11.8 Å². The van der Waals surface area contributed by atoms with Crippen LogP contribution in [0.25, 0.3) is 0 Å². The van der Waals surface area contributed by atoms with Gasteiger partial charge in [0.05, 0.1) is 0 Å². The molecule has 0 radical (unpaired) electrons. The lowest BCUT2D eigenvalue weighted by molar-refractivity contribution is -0.130. The smallest absolute Gasteiger partial charge is 0.276 e. The summed E-state index contributed by atoms with van der Waals surface area (Å²) in [4.78, 5) is 22.7. The lowest BCUT2D eigenvalue weighted by Crippen LogP contribution is -2.43. The van der Waals surface area contributed by atoms with Crippen molar-refractivity contribution in [2.24, 2.45) is 0 Å². The zero-order valence-electron chi connectivity index (χ0n) is 11.1. The Morgan fingerprint density at radius 3 is 2.42 bits per heavy atom. The van der Waals surface area contributed by atoms with E-state index in [-0.39, 0.29) is 18.4 Å². The van der Waals surface area contributed by atoms with Gasteiger partial charge in [-0.15, -0.1) is 0 Å². The first kappa shape index (κ1) is 15.0. The summed E-state index contributed by atoms with van der Waals surface area (Å²) >= 11 is 0. The van der Waals surface area contributed by atoms with Crippen molar-refractivity contribution in [1.82, 2.24) is 10.9 Å². The zero-order chi connectivity index (χ0) is 13.9. The fourth-order valence-electron chi connectivity index (χ4n) is 1.44. The fourth-order valence-corrected chi connectivity index (χ4v) is 1.44. The molecule has 2 N–H and O–H groups in total. The maximum Gasteiger partial charge on any atom is 0.276 e. The van der Waals surface area contributed by atoms with Crippen LogP contribution < -0.4 is 15.6 Å². The van der Waals surface area contributed by atoms with Crippen molar-refractivity contribution < 1.29 is 14.3 Å². The highest BCUT2D eigenvalue weighted by atomic mass is 16.5. The third-order valence-electron chi connectivity index (χ3n) is 2.46. The molecule has 5 heteroatoms. The fraction of sp³-hybridized carbons (Fsp3) is 0.429. The van der Waals surface area contributed by atoms with Crippen molar-refractivity contribution in [3.05, 3.63) is 30.3 Å². The van der Waals surface area contributed by atoms with Gasteiger partial charge in [-0.3, -0.25) is 20.4 Å². The molecule has 0 bridgehead atoms. The number of hydrogen-bond donors (Lipinski definition) is 2. The minimum absolute atomic E-state index is 0.126. The Balaban J connectivity index is 2.12. The highest BCUT2D eigenvalue weighted by Gasteiger charge is 2.05. The molecule has 0 aliphatic rings. The molecule has 1 aromatic rings. The molecule has 19 heavy (non-hydrogen) atoms. The molecular formula is C14H20N2O3. The third kappa shape index (κ3) is 7.08. The number of carbonyl (C=O) groups excluding carboxylic acids is 2. The number of ether oxygens (including phenoxy) is 1. The number of unbranched alkanes of at least 4 members (excludes halogenated alkanes) is 2. The number of rotatable bonds is 7. The van der Waals surface area contributed by atoms with Gasteiger partial charge in [0, 0.05) is 6.42 Å². The van der Waals surface area contributed by atoms with Crippen LogP contribution in [0.5, 0.6) is 5.75 Å². The number of hydrogen-bond acceptors (Lipinski definition) is 3. The molecule has 5 nitrogen and oxygen atoms in total. The number of nitrogens with one attached hydrogen (secondary N) is 2. The van der Waals surface area contributed by atoms with E-state index in [0.29, 0.717) is 12.2 Å². The Kier molecular flexibility index (Phi) is 7.09. The highest BCUT2D eigenvalue weighted by molar-refractivity contribution is 5.82. The van der Waals surface area contributed by atoms with Gasteiger partial charge in [-0.2, -0.15) is 0 Å². The first-order chi connectivity index (χ1) is 9.22. The largest absolute Gasteiger partial charge is 0.484 e. The van der Waals surface area contributed by atoms with Gasteiger partial charge >= 0.3 is 0 Å². The van der Waals surface area contributed by atoms with Crippen molar-refractivity contribution in [2.75, 3.05) is 6.61 Å². The number of amides is 2. The minimum Gasteiger partial charge on any atom is -0.484 e. The first-order valence-corrected chi connectivity index (χ1v) is 6.48. The predicted octanol–water partition coefficient (Wildman–Crippen LogP) is 1.79. The molecule has 1 rings (SSSR count). The second kappa shape index (κ2) is 8.97. The van der Waals surface area contributed by atoms with Crippen molar-refractivity contribution in [3.63, 3.8) is 0 Å².